The Hall–Kier alpha value is -4.57. The molecule has 0 fully saturated rings. The zero-order valence-electron chi connectivity index (χ0n) is 20.7. The normalized spacial score (nSPS) is 11.9. The number of nitrogens with two attached hydrogens (primary N) is 1. The van der Waals surface area contributed by atoms with Gasteiger partial charge in [0.15, 0.2) is 0 Å². The van der Waals surface area contributed by atoms with Gasteiger partial charge in [-0.05, 0) is 53.4 Å². The first-order chi connectivity index (χ1) is 17.4. The number of carboxylic acids is 1. The molecule has 0 bridgehead atoms. The summed E-state index contributed by atoms with van der Waals surface area (Å²) in [4.78, 5) is 42.2. The number of carboxylic acid groups (broad SMARTS) is 1. The SMILES string of the molecule is CC(C)(C)[C@@H](CO)NC(=O)c1ccc(-c2cccnc2C(=O)Nc2ccc(C(=N)N)cc2)c(C(=O)O)c1. The molecular formula is C27H29N5O5. The van der Waals surface area contributed by atoms with E-state index in [4.69, 9.17) is 11.1 Å². The van der Waals surface area contributed by atoms with Crippen LogP contribution in [0.25, 0.3) is 11.1 Å². The molecule has 10 nitrogen and oxygen atoms in total. The number of aromatic nitrogens is 1. The number of nitrogen functional groups attached to an aromatic ring is 1. The maximum absolute atomic E-state index is 13.1. The van der Waals surface area contributed by atoms with E-state index in [0.717, 1.165) is 0 Å². The zero-order chi connectivity index (χ0) is 27.3. The highest BCUT2D eigenvalue weighted by Gasteiger charge is 2.27. The fourth-order valence-electron chi connectivity index (χ4n) is 3.60. The van der Waals surface area contributed by atoms with Crippen LogP contribution in [-0.2, 0) is 0 Å². The van der Waals surface area contributed by atoms with Crippen LogP contribution in [0.4, 0.5) is 5.69 Å². The van der Waals surface area contributed by atoms with E-state index in [0.29, 0.717) is 11.3 Å². The number of benzene rings is 2. The third-order valence-electron chi connectivity index (χ3n) is 5.81. The Balaban J connectivity index is 1.95. The van der Waals surface area contributed by atoms with E-state index in [-0.39, 0.29) is 40.4 Å². The van der Waals surface area contributed by atoms with Crippen LogP contribution in [-0.4, -0.2) is 51.5 Å². The Morgan fingerprint density at radius 3 is 2.22 bits per heavy atom. The minimum absolute atomic E-state index is 0.00840. The molecule has 192 valence electrons. The number of nitrogens with zero attached hydrogens (tertiary/aromatic N) is 1. The zero-order valence-corrected chi connectivity index (χ0v) is 20.7. The van der Waals surface area contributed by atoms with Gasteiger partial charge in [-0.3, -0.25) is 20.0 Å². The summed E-state index contributed by atoms with van der Waals surface area (Å²) in [6.07, 6.45) is 1.42. The summed E-state index contributed by atoms with van der Waals surface area (Å²) in [5, 5.41) is 32.5. The highest BCUT2D eigenvalue weighted by atomic mass is 16.4. The summed E-state index contributed by atoms with van der Waals surface area (Å²) in [6.45, 7) is 5.33. The number of nitrogens with one attached hydrogen (secondary N) is 3. The number of aliphatic hydroxyl groups is 1. The topological polar surface area (TPSA) is 178 Å². The van der Waals surface area contributed by atoms with Crippen LogP contribution in [0, 0.1) is 10.8 Å². The van der Waals surface area contributed by atoms with E-state index < -0.39 is 29.2 Å². The van der Waals surface area contributed by atoms with Gasteiger partial charge >= 0.3 is 5.97 Å². The number of pyridine rings is 1. The van der Waals surface area contributed by atoms with Crippen molar-refractivity contribution >= 4 is 29.3 Å². The highest BCUT2D eigenvalue weighted by molar-refractivity contribution is 6.09. The standard InChI is InChI=1S/C27H29N5O5/c1-27(2,3)21(14-33)32-24(34)16-8-11-18(20(13-16)26(36)37)19-5-4-12-30-22(19)25(35)31-17-9-6-15(7-10-17)23(28)29/h4-13,21,33H,14H2,1-3H3,(H3,28,29)(H,31,35)(H,32,34)(H,36,37)/t21-/m1/s1. The summed E-state index contributed by atoms with van der Waals surface area (Å²) in [5.41, 5.74) is 6.38. The highest BCUT2D eigenvalue weighted by Crippen LogP contribution is 2.28. The second kappa shape index (κ2) is 11.0. The fourth-order valence-corrected chi connectivity index (χ4v) is 3.60. The molecule has 3 aromatic rings. The van der Waals surface area contributed by atoms with Crippen LogP contribution in [0.3, 0.4) is 0 Å². The lowest BCUT2D eigenvalue weighted by atomic mass is 9.87. The van der Waals surface area contributed by atoms with Gasteiger partial charge in [0.2, 0.25) is 0 Å². The molecule has 0 saturated carbocycles. The number of hydrogen-bond donors (Lipinski definition) is 6. The first-order valence-corrected chi connectivity index (χ1v) is 11.4. The van der Waals surface area contributed by atoms with Crippen molar-refractivity contribution in [2.24, 2.45) is 11.1 Å². The molecule has 1 atom stereocenters. The number of aromatic carboxylic acids is 1. The smallest absolute Gasteiger partial charge is 0.336 e. The van der Waals surface area contributed by atoms with Crippen molar-refractivity contribution in [3.05, 3.63) is 83.2 Å². The maximum Gasteiger partial charge on any atom is 0.336 e. The molecule has 0 radical (unpaired) electrons. The van der Waals surface area contributed by atoms with Gasteiger partial charge in [0.25, 0.3) is 11.8 Å². The molecular weight excluding hydrogens is 474 g/mol. The molecule has 2 aromatic carbocycles. The minimum atomic E-state index is -1.28. The Morgan fingerprint density at radius 1 is 1.00 bits per heavy atom. The molecule has 0 aliphatic heterocycles. The molecule has 0 unspecified atom stereocenters. The van der Waals surface area contributed by atoms with Crippen LogP contribution in [0.15, 0.2) is 60.8 Å². The van der Waals surface area contributed by atoms with Crippen LogP contribution in [0.2, 0.25) is 0 Å². The quantitative estimate of drug-likeness (QED) is 0.202. The number of carbonyl (C=O) groups is 3. The van der Waals surface area contributed by atoms with Crippen molar-refractivity contribution in [3.8, 4) is 11.1 Å². The van der Waals surface area contributed by atoms with Gasteiger partial charge in [0.05, 0.1) is 18.2 Å². The predicted molar refractivity (Wildman–Crippen MR) is 140 cm³/mol. The third-order valence-corrected chi connectivity index (χ3v) is 5.81. The molecule has 37 heavy (non-hydrogen) atoms. The summed E-state index contributed by atoms with van der Waals surface area (Å²) >= 11 is 0. The molecule has 3 rings (SSSR count). The lowest BCUT2D eigenvalue weighted by molar-refractivity contribution is 0.0697. The van der Waals surface area contributed by atoms with E-state index in [2.05, 4.69) is 15.6 Å². The summed E-state index contributed by atoms with van der Waals surface area (Å²) < 4.78 is 0. The minimum Gasteiger partial charge on any atom is -0.478 e. The molecule has 10 heteroatoms. The van der Waals surface area contributed by atoms with E-state index in [1.807, 2.05) is 20.8 Å². The predicted octanol–water partition coefficient (Wildman–Crippen LogP) is 3.12. The monoisotopic (exact) mass is 503 g/mol. The molecule has 0 spiro atoms. The number of anilines is 1. The van der Waals surface area contributed by atoms with E-state index in [1.54, 1.807) is 36.4 Å². The number of rotatable bonds is 8. The molecule has 0 saturated heterocycles. The fraction of sp³-hybridized carbons (Fsp3) is 0.222. The molecule has 7 N–H and O–H groups in total. The average molecular weight is 504 g/mol. The lowest BCUT2D eigenvalue weighted by Crippen LogP contribution is -2.46. The molecule has 0 aliphatic rings. The van der Waals surface area contributed by atoms with Gasteiger partial charge in [-0.25, -0.2) is 4.79 Å². The van der Waals surface area contributed by atoms with E-state index >= 15 is 0 Å². The van der Waals surface area contributed by atoms with Gasteiger partial charge < -0.3 is 26.6 Å². The molecule has 1 heterocycles. The van der Waals surface area contributed by atoms with Crippen molar-refractivity contribution < 1.29 is 24.6 Å². The van der Waals surface area contributed by atoms with Crippen molar-refractivity contribution in [2.45, 2.75) is 26.8 Å². The van der Waals surface area contributed by atoms with Crippen molar-refractivity contribution in [2.75, 3.05) is 11.9 Å². The number of amides is 2. The molecule has 0 aliphatic carbocycles. The second-order valence-corrected chi connectivity index (χ2v) is 9.48. The lowest BCUT2D eigenvalue weighted by Gasteiger charge is -2.29. The Labute approximate surface area is 214 Å². The summed E-state index contributed by atoms with van der Waals surface area (Å²) in [5.74, 6) is -2.48. The van der Waals surface area contributed by atoms with Gasteiger partial charge in [0, 0.05) is 28.6 Å². The van der Waals surface area contributed by atoms with E-state index in [9.17, 15) is 24.6 Å². The third kappa shape index (κ3) is 6.36. The maximum atomic E-state index is 13.1. The van der Waals surface area contributed by atoms with Crippen LogP contribution in [0.5, 0.6) is 0 Å². The molecule has 1 aromatic heterocycles. The van der Waals surface area contributed by atoms with E-state index in [1.165, 1.54) is 24.4 Å². The Bertz CT molecular complexity index is 1350. The van der Waals surface area contributed by atoms with Gasteiger partial charge in [0.1, 0.15) is 11.5 Å². The first kappa shape index (κ1) is 27.0. The Morgan fingerprint density at radius 2 is 1.65 bits per heavy atom. The number of aliphatic hydroxyl groups excluding tert-OH is 1. The summed E-state index contributed by atoms with van der Waals surface area (Å²) in [6, 6.07) is 13.1. The first-order valence-electron chi connectivity index (χ1n) is 11.4. The molecule has 2 amide bonds. The van der Waals surface area contributed by atoms with Crippen molar-refractivity contribution in [1.29, 1.82) is 5.41 Å². The number of carbonyl (C=O) groups excluding carboxylic acids is 2. The number of hydrogen-bond acceptors (Lipinski definition) is 6. The van der Waals surface area contributed by atoms with Crippen LogP contribution < -0.4 is 16.4 Å². The largest absolute Gasteiger partial charge is 0.478 e. The van der Waals surface area contributed by atoms with Gasteiger partial charge in [-0.2, -0.15) is 0 Å². The average Bonchev–Trinajstić information content (AvgIpc) is 2.86. The second-order valence-electron chi connectivity index (χ2n) is 9.48. The van der Waals surface area contributed by atoms with Crippen molar-refractivity contribution in [1.82, 2.24) is 10.3 Å². The van der Waals surface area contributed by atoms with Gasteiger partial charge in [-0.1, -0.05) is 32.9 Å². The van der Waals surface area contributed by atoms with Crippen LogP contribution in [0.1, 0.15) is 57.5 Å². The Kier molecular flexibility index (Phi) is 8.04. The summed E-state index contributed by atoms with van der Waals surface area (Å²) in [7, 11) is 0. The van der Waals surface area contributed by atoms with Gasteiger partial charge in [-0.15, -0.1) is 0 Å². The van der Waals surface area contributed by atoms with Crippen molar-refractivity contribution in [3.63, 3.8) is 0 Å². The van der Waals surface area contributed by atoms with Crippen LogP contribution >= 0.6 is 0 Å². The number of amidine groups is 1.